The molecule has 24 heteroatoms. The van der Waals surface area contributed by atoms with Crippen molar-refractivity contribution in [2.75, 3.05) is 71.6 Å². The van der Waals surface area contributed by atoms with Crippen LogP contribution in [0.4, 0.5) is 9.59 Å². The Morgan fingerprint density at radius 1 is 0.708 bits per heavy atom. The van der Waals surface area contributed by atoms with E-state index in [9.17, 15) is 43.5 Å². The second kappa shape index (κ2) is 29.9. The minimum atomic E-state index is -1.40. The van der Waals surface area contributed by atoms with E-state index in [1.165, 1.54) is 12.3 Å². The van der Waals surface area contributed by atoms with Crippen molar-refractivity contribution in [1.82, 2.24) is 24.5 Å². The molecular weight excluding hydrogens is 945 g/mol. The number of carbonyl (C=O) groups excluding carboxylic acids is 5. The van der Waals surface area contributed by atoms with Gasteiger partial charge in [-0.15, -0.1) is 0 Å². The van der Waals surface area contributed by atoms with Crippen LogP contribution in [0.1, 0.15) is 135 Å². The normalized spacial score (nSPS) is 16.0. The number of ether oxygens (including phenoxy) is 7. The topological polar surface area (TPSA) is 300 Å². The summed E-state index contributed by atoms with van der Waals surface area (Å²) < 4.78 is 38.7. The van der Waals surface area contributed by atoms with Crippen LogP contribution < -0.4 is 42.2 Å². The maximum atomic E-state index is 13.3. The molecule has 0 radical (unpaired) electrons. The number of carbonyl (C=O) groups is 6. The number of pyridine rings is 2. The number of unbranched alkanes of at least 4 members (excludes halogenated alkanes) is 2. The van der Waals surface area contributed by atoms with E-state index in [0.717, 1.165) is 40.9 Å². The van der Waals surface area contributed by atoms with Gasteiger partial charge < -0.3 is 59.1 Å². The van der Waals surface area contributed by atoms with Crippen LogP contribution in [-0.4, -0.2) is 157 Å². The fraction of sp³-hybridized carbons (Fsp3) is 0.667. The molecule has 2 aromatic rings. The third kappa shape index (κ3) is 20.5. The van der Waals surface area contributed by atoms with Gasteiger partial charge in [0.15, 0.2) is 29.2 Å². The standard InChI is InChI=1S/C24H38N4O7.C15H22N2O6.C9H18N2O3/c1-7-8-13-34-21-18(29)11-12-28(26-23(32)35-24(3,4)5)20(21)22(31)25-14-17-9-10-19(30)27(17)15-16(2)33-6;1-5-6-9-22-12-10(18)7-8-17(11(12)13(19)20)16-14(21)23-15(2,3)4;1-13-9(14-2)6-11-7(5-10)3-4-8(11)12/h11-12,16-17H,7-10,13-15H2,1-6H3,(H,25,31)(H,26,32);7-8H,5-6,9H2,1-4H3,(H,16,21)(H,19,20);7,9H,3-6,10H2,1-2H3/t16?,17-;;7-/m0.0/s1. The first-order chi connectivity index (χ1) is 33.8. The quantitative estimate of drug-likeness (QED) is 0.0822. The SMILES string of the molecule is CCCCOc1c(C(=O)NC[C@@H]2CCC(=O)N2CC(C)OC)n(NC(=O)OC(C)(C)C)ccc1=O.CCCCOc1c(C(=O)O)n(NC(=O)OC(C)(C)C)ccc1=O.COC(CN1C(=O)CC[C@H]1CN)OC. The predicted octanol–water partition coefficient (Wildman–Crippen LogP) is 4.02. The molecule has 2 saturated heterocycles. The molecule has 2 aliphatic rings. The largest absolute Gasteiger partial charge is 0.487 e. The monoisotopic (exact) mass is 1020 g/mol. The van der Waals surface area contributed by atoms with Gasteiger partial charge >= 0.3 is 18.2 Å². The number of aromatic nitrogens is 2. The summed E-state index contributed by atoms with van der Waals surface area (Å²) in [6.07, 6.45) is 5.71. The first kappa shape index (κ1) is 61.9. The number of amides is 5. The molecule has 0 saturated carbocycles. The van der Waals surface area contributed by atoms with Crippen molar-refractivity contribution >= 4 is 35.9 Å². The molecule has 1 unspecified atom stereocenters. The number of aromatic carboxylic acids is 1. The second-order valence-electron chi connectivity index (χ2n) is 18.8. The Kier molecular flexibility index (Phi) is 25.7. The number of nitrogens with zero attached hydrogens (tertiary/aromatic N) is 4. The molecule has 2 aromatic heterocycles. The number of hydrogen-bond acceptors (Lipinski definition) is 16. The molecule has 4 heterocycles. The van der Waals surface area contributed by atoms with Crippen molar-refractivity contribution in [2.24, 2.45) is 5.73 Å². The van der Waals surface area contributed by atoms with Gasteiger partial charge in [-0.1, -0.05) is 26.7 Å². The fourth-order valence-corrected chi connectivity index (χ4v) is 6.95. The summed E-state index contributed by atoms with van der Waals surface area (Å²) in [5, 5.41) is 12.1. The van der Waals surface area contributed by atoms with Crippen LogP contribution in [0.3, 0.4) is 0 Å². The molecule has 0 aliphatic carbocycles. The van der Waals surface area contributed by atoms with E-state index >= 15 is 0 Å². The fourth-order valence-electron chi connectivity index (χ4n) is 6.95. The summed E-state index contributed by atoms with van der Waals surface area (Å²) in [6, 6.07) is 2.26. The zero-order valence-electron chi connectivity index (χ0n) is 44.0. The zero-order valence-corrected chi connectivity index (χ0v) is 44.0. The van der Waals surface area contributed by atoms with Gasteiger partial charge in [0.05, 0.1) is 25.9 Å². The summed E-state index contributed by atoms with van der Waals surface area (Å²) in [7, 11) is 4.70. The number of nitrogens with one attached hydrogen (secondary N) is 3. The average Bonchev–Trinajstić information content (AvgIpc) is 3.84. The lowest BCUT2D eigenvalue weighted by atomic mass is 10.2. The van der Waals surface area contributed by atoms with Crippen LogP contribution >= 0.6 is 0 Å². The van der Waals surface area contributed by atoms with Crippen molar-refractivity contribution in [3.05, 3.63) is 56.4 Å². The van der Waals surface area contributed by atoms with Crippen LogP contribution in [0.15, 0.2) is 34.1 Å². The highest BCUT2D eigenvalue weighted by atomic mass is 16.7. The van der Waals surface area contributed by atoms with Gasteiger partial charge in [-0.3, -0.25) is 24.0 Å². The lowest BCUT2D eigenvalue weighted by Crippen LogP contribution is -2.45. The molecule has 3 atom stereocenters. The molecule has 406 valence electrons. The zero-order chi connectivity index (χ0) is 54.3. The summed E-state index contributed by atoms with van der Waals surface area (Å²) in [5.41, 5.74) is 7.14. The molecule has 2 fully saturated rings. The molecule has 0 spiro atoms. The number of methoxy groups -OCH3 is 3. The molecule has 72 heavy (non-hydrogen) atoms. The first-order valence-corrected chi connectivity index (χ1v) is 24.0. The molecule has 2 aliphatic heterocycles. The number of nitrogens with two attached hydrogens (primary N) is 1. The van der Waals surface area contributed by atoms with E-state index in [4.69, 9.17) is 38.9 Å². The molecule has 24 nitrogen and oxygen atoms in total. The average molecular weight is 1020 g/mol. The maximum Gasteiger partial charge on any atom is 0.426 e. The van der Waals surface area contributed by atoms with Gasteiger partial charge in [-0.25, -0.2) is 34.6 Å². The predicted molar refractivity (Wildman–Crippen MR) is 265 cm³/mol. The summed E-state index contributed by atoms with van der Waals surface area (Å²) in [6.45, 7) is 18.0. The van der Waals surface area contributed by atoms with Gasteiger partial charge in [0.2, 0.25) is 22.7 Å². The van der Waals surface area contributed by atoms with E-state index in [2.05, 4.69) is 16.2 Å². The Morgan fingerprint density at radius 2 is 1.15 bits per heavy atom. The van der Waals surface area contributed by atoms with Gasteiger partial charge in [-0.2, -0.15) is 0 Å². The van der Waals surface area contributed by atoms with Gasteiger partial charge in [0.1, 0.15) is 11.2 Å². The van der Waals surface area contributed by atoms with E-state index in [1.54, 1.807) is 72.7 Å². The minimum Gasteiger partial charge on any atom is -0.487 e. The third-order valence-corrected chi connectivity index (χ3v) is 10.6. The third-order valence-electron chi connectivity index (χ3n) is 10.6. The Bertz CT molecular complexity index is 2220. The van der Waals surface area contributed by atoms with Crippen molar-refractivity contribution in [3.8, 4) is 11.5 Å². The molecule has 0 bridgehead atoms. The van der Waals surface area contributed by atoms with E-state index in [-0.39, 0.29) is 73.2 Å². The van der Waals surface area contributed by atoms with Crippen molar-refractivity contribution < 1.29 is 67.0 Å². The van der Waals surface area contributed by atoms with Crippen LogP contribution in [0.2, 0.25) is 0 Å². The van der Waals surface area contributed by atoms with Crippen LogP contribution in [0.5, 0.6) is 11.5 Å². The van der Waals surface area contributed by atoms with Crippen molar-refractivity contribution in [1.29, 1.82) is 0 Å². The minimum absolute atomic E-state index is 0.0000473. The Hall–Kier alpha value is -6.24. The lowest BCUT2D eigenvalue weighted by molar-refractivity contribution is -0.143. The molecule has 6 N–H and O–H groups in total. The first-order valence-electron chi connectivity index (χ1n) is 24.0. The van der Waals surface area contributed by atoms with Gasteiger partial charge in [0.25, 0.3) is 5.91 Å². The lowest BCUT2D eigenvalue weighted by Gasteiger charge is -2.27. The highest BCUT2D eigenvalue weighted by Crippen LogP contribution is 2.21. The van der Waals surface area contributed by atoms with E-state index in [1.807, 2.05) is 20.8 Å². The molecule has 5 amide bonds. The highest BCUT2D eigenvalue weighted by Gasteiger charge is 2.34. The summed E-state index contributed by atoms with van der Waals surface area (Å²) in [4.78, 5) is 101. The smallest absolute Gasteiger partial charge is 0.426 e. The van der Waals surface area contributed by atoms with Crippen molar-refractivity contribution in [2.45, 2.75) is 149 Å². The number of hydrogen-bond donors (Lipinski definition) is 5. The number of carboxylic acids is 1. The maximum absolute atomic E-state index is 13.3. The second-order valence-corrected chi connectivity index (χ2v) is 18.8. The van der Waals surface area contributed by atoms with E-state index < -0.39 is 51.8 Å². The Morgan fingerprint density at radius 3 is 1.57 bits per heavy atom. The number of rotatable bonds is 22. The van der Waals surface area contributed by atoms with Crippen LogP contribution in [0, 0.1) is 0 Å². The van der Waals surface area contributed by atoms with Crippen LogP contribution in [0.25, 0.3) is 0 Å². The number of likely N-dealkylation sites (tertiary alicyclic amines) is 2. The molecule has 4 rings (SSSR count). The summed E-state index contributed by atoms with van der Waals surface area (Å²) in [5.74, 6) is -2.36. The van der Waals surface area contributed by atoms with Gasteiger partial charge in [0, 0.05) is 90.4 Å². The van der Waals surface area contributed by atoms with E-state index in [0.29, 0.717) is 51.7 Å². The van der Waals surface area contributed by atoms with Crippen LogP contribution in [-0.2, 0) is 33.3 Å². The Labute approximate surface area is 421 Å². The van der Waals surface area contributed by atoms with Crippen molar-refractivity contribution in [3.63, 3.8) is 0 Å². The van der Waals surface area contributed by atoms with Gasteiger partial charge in [-0.05, 0) is 74.1 Å². The number of carboxylic acid groups (broad SMARTS) is 1. The Balaban J connectivity index is 0.000000410. The molecular formula is C48H78N8O16. The summed E-state index contributed by atoms with van der Waals surface area (Å²) >= 11 is 0. The highest BCUT2D eigenvalue weighted by molar-refractivity contribution is 5.96. The molecule has 0 aromatic carbocycles.